The molecule has 1 aliphatic heterocycles. The summed E-state index contributed by atoms with van der Waals surface area (Å²) in [6.45, 7) is 6.55. The van der Waals surface area contributed by atoms with E-state index in [1.165, 1.54) is 12.1 Å². The summed E-state index contributed by atoms with van der Waals surface area (Å²) in [5, 5.41) is 2.96. The minimum atomic E-state index is -0.832. The van der Waals surface area contributed by atoms with Crippen molar-refractivity contribution in [3.05, 3.63) is 30.1 Å². The van der Waals surface area contributed by atoms with Crippen molar-refractivity contribution in [3.63, 3.8) is 0 Å². The summed E-state index contributed by atoms with van der Waals surface area (Å²) in [5.41, 5.74) is 0.130. The van der Waals surface area contributed by atoms with Gasteiger partial charge in [-0.1, -0.05) is 6.92 Å². The van der Waals surface area contributed by atoms with Crippen LogP contribution in [0.5, 0.6) is 0 Å². The number of carbonyl (C=O) groups is 2. The number of anilines is 1. The summed E-state index contributed by atoms with van der Waals surface area (Å²) in [6, 6.07) is 6.51. The number of nitrogens with one attached hydrogen (secondary N) is 1. The molecule has 1 aromatic rings. The highest BCUT2D eigenvalue weighted by Gasteiger charge is 2.58. The van der Waals surface area contributed by atoms with Crippen LogP contribution < -0.4 is 10.2 Å². The lowest BCUT2D eigenvalue weighted by Gasteiger charge is -2.37. The molecule has 1 aromatic carbocycles. The SMILES string of the molecule is CCC(C)NC(=O)C1(C(=O)N2CCN(c3ccc(F)cc3)CC2)CC1. The van der Waals surface area contributed by atoms with E-state index >= 15 is 0 Å². The van der Waals surface area contributed by atoms with Gasteiger partial charge in [0.15, 0.2) is 0 Å². The molecule has 0 bridgehead atoms. The number of piperazine rings is 1. The lowest BCUT2D eigenvalue weighted by Crippen LogP contribution is -2.53. The van der Waals surface area contributed by atoms with Crippen LogP contribution in [-0.2, 0) is 9.59 Å². The molecule has 1 atom stereocenters. The Morgan fingerprint density at radius 1 is 1.16 bits per heavy atom. The average molecular weight is 347 g/mol. The Morgan fingerprint density at radius 3 is 2.28 bits per heavy atom. The van der Waals surface area contributed by atoms with Gasteiger partial charge in [-0.15, -0.1) is 0 Å². The van der Waals surface area contributed by atoms with E-state index in [-0.39, 0.29) is 23.7 Å². The van der Waals surface area contributed by atoms with Crippen molar-refractivity contribution in [2.75, 3.05) is 31.1 Å². The van der Waals surface area contributed by atoms with Gasteiger partial charge in [-0.3, -0.25) is 9.59 Å². The fourth-order valence-corrected chi connectivity index (χ4v) is 3.25. The van der Waals surface area contributed by atoms with Crippen LogP contribution >= 0.6 is 0 Å². The summed E-state index contributed by atoms with van der Waals surface area (Å²) in [4.78, 5) is 29.3. The Labute approximate surface area is 148 Å². The summed E-state index contributed by atoms with van der Waals surface area (Å²) >= 11 is 0. The van der Waals surface area contributed by atoms with E-state index in [4.69, 9.17) is 0 Å². The topological polar surface area (TPSA) is 52.7 Å². The fraction of sp³-hybridized carbons (Fsp3) is 0.579. The van der Waals surface area contributed by atoms with E-state index < -0.39 is 5.41 Å². The molecule has 2 amide bonds. The molecule has 5 nitrogen and oxygen atoms in total. The minimum Gasteiger partial charge on any atom is -0.368 e. The van der Waals surface area contributed by atoms with Gasteiger partial charge in [-0.2, -0.15) is 0 Å². The zero-order chi connectivity index (χ0) is 18.0. The normalized spacial score (nSPS) is 20.1. The number of benzene rings is 1. The average Bonchev–Trinajstić information content (AvgIpc) is 3.44. The monoisotopic (exact) mass is 347 g/mol. The molecule has 0 spiro atoms. The third-order valence-corrected chi connectivity index (χ3v) is 5.34. The van der Waals surface area contributed by atoms with Crippen LogP contribution in [0.2, 0.25) is 0 Å². The number of amides is 2. The molecule has 1 aliphatic carbocycles. The summed E-state index contributed by atoms with van der Waals surface area (Å²) in [7, 11) is 0. The van der Waals surface area contributed by atoms with Crippen LogP contribution in [0.15, 0.2) is 24.3 Å². The first-order chi connectivity index (χ1) is 12.0. The van der Waals surface area contributed by atoms with Crippen molar-refractivity contribution in [2.24, 2.45) is 5.41 Å². The Kier molecular flexibility index (Phi) is 4.97. The highest BCUT2D eigenvalue weighted by Crippen LogP contribution is 2.47. The van der Waals surface area contributed by atoms with Crippen molar-refractivity contribution >= 4 is 17.5 Å². The van der Waals surface area contributed by atoms with Crippen molar-refractivity contribution in [1.82, 2.24) is 10.2 Å². The number of nitrogens with zero attached hydrogens (tertiary/aromatic N) is 2. The maximum Gasteiger partial charge on any atom is 0.238 e. The van der Waals surface area contributed by atoms with E-state index in [1.807, 2.05) is 18.7 Å². The van der Waals surface area contributed by atoms with Gasteiger partial charge >= 0.3 is 0 Å². The highest BCUT2D eigenvalue weighted by atomic mass is 19.1. The molecule has 3 rings (SSSR count). The van der Waals surface area contributed by atoms with Crippen molar-refractivity contribution in [2.45, 2.75) is 39.2 Å². The Bertz CT molecular complexity index is 635. The van der Waals surface area contributed by atoms with E-state index in [0.717, 1.165) is 12.1 Å². The zero-order valence-electron chi connectivity index (χ0n) is 14.9. The van der Waals surface area contributed by atoms with Crippen LogP contribution in [0.25, 0.3) is 0 Å². The third kappa shape index (κ3) is 3.62. The highest BCUT2D eigenvalue weighted by molar-refractivity contribution is 6.08. The molecule has 1 N–H and O–H groups in total. The predicted octanol–water partition coefficient (Wildman–Crippen LogP) is 2.17. The van der Waals surface area contributed by atoms with Gasteiger partial charge in [0.25, 0.3) is 0 Å². The Morgan fingerprint density at radius 2 is 1.76 bits per heavy atom. The number of rotatable bonds is 5. The smallest absolute Gasteiger partial charge is 0.238 e. The minimum absolute atomic E-state index is 0.0351. The van der Waals surface area contributed by atoms with Crippen molar-refractivity contribution in [1.29, 1.82) is 0 Å². The fourth-order valence-electron chi connectivity index (χ4n) is 3.25. The molecule has 2 fully saturated rings. The van der Waals surface area contributed by atoms with Gasteiger partial charge in [-0.25, -0.2) is 4.39 Å². The molecule has 25 heavy (non-hydrogen) atoms. The Balaban J connectivity index is 1.58. The van der Waals surface area contributed by atoms with Gasteiger partial charge in [-0.05, 0) is 50.5 Å². The van der Waals surface area contributed by atoms with Gasteiger partial charge in [0.1, 0.15) is 11.2 Å². The van der Waals surface area contributed by atoms with E-state index in [0.29, 0.717) is 39.0 Å². The number of carbonyl (C=O) groups excluding carboxylic acids is 2. The van der Waals surface area contributed by atoms with Gasteiger partial charge < -0.3 is 15.1 Å². The van der Waals surface area contributed by atoms with E-state index in [2.05, 4.69) is 10.2 Å². The molecule has 1 heterocycles. The first-order valence-electron chi connectivity index (χ1n) is 9.07. The molecular formula is C19H26FN3O2. The van der Waals surface area contributed by atoms with Gasteiger partial charge in [0, 0.05) is 37.9 Å². The predicted molar refractivity (Wildman–Crippen MR) is 94.8 cm³/mol. The van der Waals surface area contributed by atoms with Crippen molar-refractivity contribution < 1.29 is 14.0 Å². The van der Waals surface area contributed by atoms with Gasteiger partial charge in [0.2, 0.25) is 11.8 Å². The second kappa shape index (κ2) is 7.02. The standard InChI is InChI=1S/C19H26FN3O2/c1-3-14(2)21-17(24)19(8-9-19)18(25)23-12-10-22(11-13-23)16-6-4-15(20)5-7-16/h4-7,14H,3,8-13H2,1-2H3,(H,21,24). The van der Waals surface area contributed by atoms with Crippen molar-refractivity contribution in [3.8, 4) is 0 Å². The second-order valence-corrected chi connectivity index (χ2v) is 7.12. The number of hydrogen-bond acceptors (Lipinski definition) is 3. The van der Waals surface area contributed by atoms with Crippen LogP contribution in [0.4, 0.5) is 10.1 Å². The van der Waals surface area contributed by atoms with Crippen LogP contribution in [-0.4, -0.2) is 48.9 Å². The molecule has 1 saturated heterocycles. The molecule has 1 saturated carbocycles. The summed E-state index contributed by atoms with van der Waals surface area (Å²) in [5.74, 6) is -0.402. The second-order valence-electron chi connectivity index (χ2n) is 7.12. The summed E-state index contributed by atoms with van der Waals surface area (Å²) < 4.78 is 13.0. The molecule has 0 radical (unpaired) electrons. The van der Waals surface area contributed by atoms with Crippen LogP contribution in [0.1, 0.15) is 33.1 Å². The summed E-state index contributed by atoms with van der Waals surface area (Å²) in [6.07, 6.45) is 2.14. The molecule has 136 valence electrons. The zero-order valence-corrected chi connectivity index (χ0v) is 14.9. The molecule has 2 aliphatic rings. The molecule has 0 aromatic heterocycles. The molecule has 1 unspecified atom stereocenters. The van der Waals surface area contributed by atoms with Gasteiger partial charge in [0.05, 0.1) is 0 Å². The first-order valence-corrected chi connectivity index (χ1v) is 9.07. The van der Waals surface area contributed by atoms with E-state index in [9.17, 15) is 14.0 Å². The lowest BCUT2D eigenvalue weighted by molar-refractivity contribution is -0.144. The maximum absolute atomic E-state index is 13.0. The Hall–Kier alpha value is -2.11. The number of halogens is 1. The largest absolute Gasteiger partial charge is 0.368 e. The first kappa shape index (κ1) is 17.7. The molecular weight excluding hydrogens is 321 g/mol. The number of hydrogen-bond donors (Lipinski definition) is 1. The maximum atomic E-state index is 13.0. The molecule has 6 heteroatoms. The van der Waals surface area contributed by atoms with Crippen LogP contribution in [0, 0.1) is 11.2 Å². The lowest BCUT2D eigenvalue weighted by atomic mass is 10.0. The van der Waals surface area contributed by atoms with Crippen LogP contribution in [0.3, 0.4) is 0 Å². The third-order valence-electron chi connectivity index (χ3n) is 5.34. The van der Waals surface area contributed by atoms with E-state index in [1.54, 1.807) is 12.1 Å². The quantitative estimate of drug-likeness (QED) is 0.831.